The third-order valence-electron chi connectivity index (χ3n) is 2.39. The van der Waals surface area contributed by atoms with Gasteiger partial charge in [0.05, 0.1) is 12.4 Å². The zero-order valence-electron chi connectivity index (χ0n) is 9.75. The summed E-state index contributed by atoms with van der Waals surface area (Å²) in [7, 11) is 3.80. The lowest BCUT2D eigenvalue weighted by Crippen LogP contribution is -2.33. The van der Waals surface area contributed by atoms with E-state index in [0.29, 0.717) is 5.95 Å². The highest BCUT2D eigenvalue weighted by molar-refractivity contribution is 5.74. The number of fused-ring (bicyclic) bond motifs is 1. The van der Waals surface area contributed by atoms with Crippen molar-refractivity contribution in [3.63, 3.8) is 0 Å². The van der Waals surface area contributed by atoms with Gasteiger partial charge < -0.3 is 10.6 Å². The lowest BCUT2D eigenvalue weighted by Gasteiger charge is -2.18. The zero-order chi connectivity index (χ0) is 11.7. The lowest BCUT2D eigenvalue weighted by atomic mass is 10.3. The van der Waals surface area contributed by atoms with E-state index < -0.39 is 0 Å². The maximum atomic E-state index is 5.73. The lowest BCUT2D eigenvalue weighted by molar-refractivity contribution is 0.705. The Labute approximate surface area is 94.1 Å². The minimum absolute atomic E-state index is 0.0956. The van der Waals surface area contributed by atoms with Crippen LogP contribution >= 0.6 is 0 Å². The monoisotopic (exact) mass is 220 g/mol. The van der Waals surface area contributed by atoms with E-state index in [-0.39, 0.29) is 6.04 Å². The smallest absolute Gasteiger partial charge is 0.225 e. The topological polar surface area (TPSA) is 72.9 Å². The van der Waals surface area contributed by atoms with E-state index in [1.54, 1.807) is 17.1 Å². The van der Waals surface area contributed by atoms with Crippen molar-refractivity contribution < 1.29 is 0 Å². The van der Waals surface area contributed by atoms with E-state index in [4.69, 9.17) is 5.73 Å². The van der Waals surface area contributed by atoms with Gasteiger partial charge in [0.25, 0.3) is 0 Å². The van der Waals surface area contributed by atoms with E-state index in [9.17, 15) is 0 Å². The van der Waals surface area contributed by atoms with Crippen LogP contribution < -0.4 is 10.6 Å². The van der Waals surface area contributed by atoms with E-state index in [0.717, 1.165) is 17.6 Å². The largest absolute Gasteiger partial charge is 0.342 e. The summed E-state index contributed by atoms with van der Waals surface area (Å²) in [5, 5.41) is 4.13. The molecule has 86 valence electrons. The molecule has 0 saturated heterocycles. The molecule has 0 aliphatic heterocycles. The highest BCUT2D eigenvalue weighted by Crippen LogP contribution is 2.12. The second-order valence-electron chi connectivity index (χ2n) is 4.07. The molecule has 2 heterocycles. The van der Waals surface area contributed by atoms with Gasteiger partial charge in [-0.15, -0.1) is 0 Å². The first-order chi connectivity index (χ1) is 7.58. The maximum Gasteiger partial charge on any atom is 0.225 e. The van der Waals surface area contributed by atoms with Gasteiger partial charge in [0.15, 0.2) is 0 Å². The number of anilines is 1. The molecule has 0 aliphatic carbocycles. The summed E-state index contributed by atoms with van der Waals surface area (Å²) < 4.78 is 1.75. The van der Waals surface area contributed by atoms with Gasteiger partial charge in [-0.25, -0.2) is 9.97 Å². The Bertz CT molecular complexity index is 489. The highest BCUT2D eigenvalue weighted by atomic mass is 15.3. The van der Waals surface area contributed by atoms with Crippen molar-refractivity contribution in [1.82, 2.24) is 19.7 Å². The molecular formula is C10H16N6. The first-order valence-corrected chi connectivity index (χ1v) is 5.19. The van der Waals surface area contributed by atoms with Crippen LogP contribution in [0.25, 0.3) is 11.0 Å². The van der Waals surface area contributed by atoms with Crippen LogP contribution in [0.5, 0.6) is 0 Å². The number of hydrogen-bond donors (Lipinski definition) is 1. The molecule has 0 aromatic carbocycles. The Morgan fingerprint density at radius 2 is 2.25 bits per heavy atom. The fourth-order valence-corrected chi connectivity index (χ4v) is 1.62. The molecule has 6 heteroatoms. The van der Waals surface area contributed by atoms with Gasteiger partial charge in [0.2, 0.25) is 5.95 Å². The van der Waals surface area contributed by atoms with Crippen LogP contribution in [-0.4, -0.2) is 39.4 Å². The van der Waals surface area contributed by atoms with Crippen LogP contribution in [0.1, 0.15) is 6.92 Å². The molecule has 6 nitrogen and oxygen atoms in total. The summed E-state index contributed by atoms with van der Waals surface area (Å²) in [5.74, 6) is 0.679. The van der Waals surface area contributed by atoms with Crippen molar-refractivity contribution in [2.24, 2.45) is 12.8 Å². The number of rotatable bonds is 3. The minimum Gasteiger partial charge on any atom is -0.342 e. The van der Waals surface area contributed by atoms with Crippen LogP contribution in [0.4, 0.5) is 5.95 Å². The summed E-state index contributed by atoms with van der Waals surface area (Å²) in [5.41, 5.74) is 7.51. The number of nitrogens with zero attached hydrogens (tertiary/aromatic N) is 5. The van der Waals surface area contributed by atoms with Crippen molar-refractivity contribution >= 4 is 17.0 Å². The SMILES string of the molecule is CC(N)CN(C)c1ncc2c(cnn2C)n1. The third-order valence-corrected chi connectivity index (χ3v) is 2.39. The molecule has 2 rings (SSSR count). The van der Waals surface area contributed by atoms with E-state index >= 15 is 0 Å². The Hall–Kier alpha value is -1.69. The van der Waals surface area contributed by atoms with Gasteiger partial charge in [-0.2, -0.15) is 5.10 Å². The van der Waals surface area contributed by atoms with E-state index in [2.05, 4.69) is 15.1 Å². The van der Waals surface area contributed by atoms with Crippen molar-refractivity contribution in [2.75, 3.05) is 18.5 Å². The molecule has 0 fully saturated rings. The average molecular weight is 220 g/mol. The molecule has 1 unspecified atom stereocenters. The summed E-state index contributed by atoms with van der Waals surface area (Å²) >= 11 is 0. The summed E-state index contributed by atoms with van der Waals surface area (Å²) in [6.07, 6.45) is 3.52. The number of nitrogens with two attached hydrogens (primary N) is 1. The second kappa shape index (κ2) is 4.05. The van der Waals surface area contributed by atoms with Crippen molar-refractivity contribution in [2.45, 2.75) is 13.0 Å². The molecule has 0 bridgehead atoms. The summed E-state index contributed by atoms with van der Waals surface area (Å²) in [4.78, 5) is 10.7. The maximum absolute atomic E-state index is 5.73. The predicted octanol–water partition coefficient (Wildman–Crippen LogP) is 0.147. The van der Waals surface area contributed by atoms with Gasteiger partial charge in [0, 0.05) is 26.7 Å². The number of hydrogen-bond acceptors (Lipinski definition) is 5. The fourth-order valence-electron chi connectivity index (χ4n) is 1.62. The van der Waals surface area contributed by atoms with E-state index in [1.807, 2.05) is 25.9 Å². The van der Waals surface area contributed by atoms with Crippen LogP contribution in [-0.2, 0) is 7.05 Å². The highest BCUT2D eigenvalue weighted by Gasteiger charge is 2.09. The van der Waals surface area contributed by atoms with Crippen LogP contribution in [0.3, 0.4) is 0 Å². The van der Waals surface area contributed by atoms with Crippen molar-refractivity contribution in [1.29, 1.82) is 0 Å². The van der Waals surface area contributed by atoms with Crippen molar-refractivity contribution in [3.05, 3.63) is 12.4 Å². The molecule has 0 spiro atoms. The molecule has 0 aliphatic rings. The van der Waals surface area contributed by atoms with Crippen molar-refractivity contribution in [3.8, 4) is 0 Å². The molecule has 0 saturated carbocycles. The third kappa shape index (κ3) is 1.96. The van der Waals surface area contributed by atoms with Crippen LogP contribution in [0, 0.1) is 0 Å². The first kappa shape index (κ1) is 10.8. The van der Waals surface area contributed by atoms with Gasteiger partial charge in [-0.3, -0.25) is 4.68 Å². The zero-order valence-corrected chi connectivity index (χ0v) is 9.75. The standard InChI is InChI=1S/C10H16N6/c1-7(11)6-15(2)10-12-5-9-8(14-10)4-13-16(9)3/h4-5,7H,6,11H2,1-3H3. The quantitative estimate of drug-likeness (QED) is 0.797. The Balaban J connectivity index is 2.32. The van der Waals surface area contributed by atoms with Gasteiger partial charge in [-0.05, 0) is 6.92 Å². The Morgan fingerprint density at radius 3 is 2.94 bits per heavy atom. The fraction of sp³-hybridized carbons (Fsp3) is 0.500. The summed E-state index contributed by atoms with van der Waals surface area (Å²) in [6, 6.07) is 0.0956. The Kier molecular flexibility index (Phi) is 2.74. The molecule has 2 aromatic rings. The normalized spacial score (nSPS) is 13.0. The number of likely N-dealkylation sites (N-methyl/N-ethyl adjacent to an activating group) is 1. The molecule has 16 heavy (non-hydrogen) atoms. The molecule has 1 atom stereocenters. The van der Waals surface area contributed by atoms with Gasteiger partial charge in [0.1, 0.15) is 11.0 Å². The first-order valence-electron chi connectivity index (χ1n) is 5.19. The second-order valence-corrected chi connectivity index (χ2v) is 4.07. The Morgan fingerprint density at radius 1 is 1.50 bits per heavy atom. The molecule has 0 radical (unpaired) electrons. The van der Waals surface area contributed by atoms with E-state index in [1.165, 1.54) is 0 Å². The average Bonchev–Trinajstić information content (AvgIpc) is 2.59. The predicted molar refractivity (Wildman–Crippen MR) is 63.2 cm³/mol. The van der Waals surface area contributed by atoms with Crippen LogP contribution in [0.2, 0.25) is 0 Å². The summed E-state index contributed by atoms with van der Waals surface area (Å²) in [6.45, 7) is 2.69. The molecule has 2 N–H and O–H groups in total. The molecule has 0 amide bonds. The van der Waals surface area contributed by atoms with Gasteiger partial charge >= 0.3 is 0 Å². The molecule has 2 aromatic heterocycles. The number of aromatic nitrogens is 4. The van der Waals surface area contributed by atoms with Gasteiger partial charge in [-0.1, -0.05) is 0 Å². The minimum atomic E-state index is 0.0956. The number of aryl methyl sites for hydroxylation is 1. The molecular weight excluding hydrogens is 204 g/mol. The van der Waals surface area contributed by atoms with Crippen LogP contribution in [0.15, 0.2) is 12.4 Å².